The number of nitrogens with two attached hydrogens (primary N) is 1. The highest BCUT2D eigenvalue weighted by atomic mass is 35.5. The Labute approximate surface area is 129 Å². The van der Waals surface area contributed by atoms with Crippen molar-refractivity contribution in [3.63, 3.8) is 0 Å². The van der Waals surface area contributed by atoms with Gasteiger partial charge >= 0.3 is 5.97 Å². The van der Waals surface area contributed by atoms with Gasteiger partial charge in [-0.3, -0.25) is 4.79 Å². The van der Waals surface area contributed by atoms with E-state index in [4.69, 9.17) is 22.1 Å². The number of benzene rings is 1. The van der Waals surface area contributed by atoms with Gasteiger partial charge in [0.1, 0.15) is 0 Å². The number of halogens is 1. The minimum Gasteiger partial charge on any atom is -0.449 e. The summed E-state index contributed by atoms with van der Waals surface area (Å²) < 4.78 is 5.14. The Morgan fingerprint density at radius 2 is 2.05 bits per heavy atom. The number of carbonyl (C=O) groups excluding carboxylic acids is 2. The summed E-state index contributed by atoms with van der Waals surface area (Å²) in [5.41, 5.74) is 5.77. The summed E-state index contributed by atoms with van der Waals surface area (Å²) in [7, 11) is 0. The highest BCUT2D eigenvalue weighted by Crippen LogP contribution is 2.19. The van der Waals surface area contributed by atoms with Crippen LogP contribution in [0.15, 0.2) is 18.2 Å². The fourth-order valence-corrected chi connectivity index (χ4v) is 1.70. The van der Waals surface area contributed by atoms with Crippen molar-refractivity contribution in [1.29, 1.82) is 0 Å². The molecule has 1 rings (SSSR count). The summed E-state index contributed by atoms with van der Waals surface area (Å²) >= 11 is 5.77. The molecule has 0 aliphatic heterocycles. The van der Waals surface area contributed by atoms with Gasteiger partial charge < -0.3 is 15.8 Å². The largest absolute Gasteiger partial charge is 0.449 e. The van der Waals surface area contributed by atoms with E-state index in [2.05, 4.69) is 5.32 Å². The lowest BCUT2D eigenvalue weighted by atomic mass is 10.0. The number of ether oxygens (including phenoxy) is 1. The molecule has 3 N–H and O–H groups in total. The third kappa shape index (κ3) is 4.93. The van der Waals surface area contributed by atoms with Gasteiger partial charge in [-0.1, -0.05) is 18.5 Å². The first-order valence-electron chi connectivity index (χ1n) is 6.74. The maximum Gasteiger partial charge on any atom is 0.341 e. The van der Waals surface area contributed by atoms with Crippen LogP contribution < -0.4 is 11.1 Å². The van der Waals surface area contributed by atoms with Crippen molar-refractivity contribution < 1.29 is 14.3 Å². The second-order valence-electron chi connectivity index (χ2n) is 5.51. The van der Waals surface area contributed by atoms with Gasteiger partial charge in [0.15, 0.2) is 6.10 Å². The summed E-state index contributed by atoms with van der Waals surface area (Å²) in [6.07, 6.45) is -0.137. The molecule has 0 aliphatic rings. The Hall–Kier alpha value is -1.75. The number of anilines is 1. The standard InChI is InChI=1S/C15H21ClN2O3/c1-5-15(3,4)18-13(19)9(2)21-14(20)11-7-6-10(16)8-12(11)17/h6-9H,5,17H2,1-4H3,(H,18,19). The van der Waals surface area contributed by atoms with Crippen LogP contribution in [0.5, 0.6) is 0 Å². The lowest BCUT2D eigenvalue weighted by Crippen LogP contribution is -2.47. The topological polar surface area (TPSA) is 81.4 Å². The second-order valence-corrected chi connectivity index (χ2v) is 5.94. The molecule has 1 unspecified atom stereocenters. The Balaban J connectivity index is 2.72. The molecule has 1 aromatic rings. The molecule has 1 aromatic carbocycles. The average molecular weight is 313 g/mol. The molecule has 1 atom stereocenters. The Morgan fingerprint density at radius 1 is 1.43 bits per heavy atom. The van der Waals surface area contributed by atoms with Gasteiger partial charge in [0.05, 0.1) is 5.56 Å². The molecule has 0 saturated heterocycles. The van der Waals surface area contributed by atoms with Crippen LogP contribution in [0, 0.1) is 0 Å². The van der Waals surface area contributed by atoms with Gasteiger partial charge in [-0.25, -0.2) is 4.79 Å². The first kappa shape index (κ1) is 17.3. The smallest absolute Gasteiger partial charge is 0.341 e. The molecule has 0 heterocycles. The van der Waals surface area contributed by atoms with Gasteiger partial charge in [-0.05, 0) is 45.4 Å². The molecule has 0 spiro atoms. The van der Waals surface area contributed by atoms with Crippen molar-refractivity contribution in [2.75, 3.05) is 5.73 Å². The van der Waals surface area contributed by atoms with E-state index >= 15 is 0 Å². The molecule has 116 valence electrons. The maximum atomic E-state index is 12.0. The fourth-order valence-electron chi connectivity index (χ4n) is 1.52. The van der Waals surface area contributed by atoms with Gasteiger partial charge in [-0.2, -0.15) is 0 Å². The molecule has 0 radical (unpaired) electrons. The lowest BCUT2D eigenvalue weighted by Gasteiger charge is -2.26. The third-order valence-corrected chi connectivity index (χ3v) is 3.47. The number of nitrogen functional groups attached to an aromatic ring is 1. The number of nitrogens with one attached hydrogen (secondary N) is 1. The molecule has 1 amide bonds. The van der Waals surface area contributed by atoms with Gasteiger partial charge in [0.25, 0.3) is 5.91 Å². The Bertz CT molecular complexity index is 544. The van der Waals surface area contributed by atoms with Crippen LogP contribution in [0.1, 0.15) is 44.5 Å². The summed E-state index contributed by atoms with van der Waals surface area (Å²) in [4.78, 5) is 24.0. The number of amides is 1. The zero-order valence-electron chi connectivity index (χ0n) is 12.7. The minimum atomic E-state index is -0.904. The zero-order chi connectivity index (χ0) is 16.2. The van der Waals surface area contributed by atoms with Crippen molar-refractivity contribution >= 4 is 29.2 Å². The highest BCUT2D eigenvalue weighted by molar-refractivity contribution is 6.31. The minimum absolute atomic E-state index is 0.189. The van der Waals surface area contributed by atoms with Gasteiger partial charge in [-0.15, -0.1) is 0 Å². The van der Waals surface area contributed by atoms with Crippen molar-refractivity contribution in [2.24, 2.45) is 0 Å². The summed E-state index contributed by atoms with van der Waals surface area (Å²) in [6.45, 7) is 7.28. The number of esters is 1. The Morgan fingerprint density at radius 3 is 2.57 bits per heavy atom. The van der Waals surface area contributed by atoms with Gasteiger partial charge in [0, 0.05) is 16.2 Å². The van der Waals surface area contributed by atoms with E-state index in [1.165, 1.54) is 19.1 Å². The van der Waals surface area contributed by atoms with Crippen molar-refractivity contribution in [2.45, 2.75) is 45.8 Å². The van der Waals surface area contributed by atoms with Crippen molar-refractivity contribution in [3.05, 3.63) is 28.8 Å². The number of hydrogen-bond donors (Lipinski definition) is 2. The Kier molecular flexibility index (Phi) is 5.61. The average Bonchev–Trinajstić information content (AvgIpc) is 2.37. The van der Waals surface area contributed by atoms with E-state index in [1.807, 2.05) is 20.8 Å². The van der Waals surface area contributed by atoms with Crippen LogP contribution in [0.4, 0.5) is 5.69 Å². The molecule has 0 aromatic heterocycles. The van der Waals surface area contributed by atoms with Gasteiger partial charge in [0.2, 0.25) is 0 Å². The quantitative estimate of drug-likeness (QED) is 0.647. The van der Waals surface area contributed by atoms with E-state index < -0.39 is 12.1 Å². The predicted octanol–water partition coefficient (Wildman–Crippen LogP) is 2.77. The van der Waals surface area contributed by atoms with Crippen LogP contribution in [0.25, 0.3) is 0 Å². The van der Waals surface area contributed by atoms with Crippen LogP contribution in [0.2, 0.25) is 5.02 Å². The normalized spacial score (nSPS) is 12.6. The monoisotopic (exact) mass is 312 g/mol. The summed E-state index contributed by atoms with van der Waals surface area (Å²) in [6, 6.07) is 4.48. The molecule has 0 bridgehead atoms. The number of rotatable bonds is 5. The van der Waals surface area contributed by atoms with Crippen LogP contribution in [-0.4, -0.2) is 23.5 Å². The first-order chi connectivity index (χ1) is 9.66. The highest BCUT2D eigenvalue weighted by Gasteiger charge is 2.25. The molecular formula is C15H21ClN2O3. The number of hydrogen-bond acceptors (Lipinski definition) is 4. The SMILES string of the molecule is CCC(C)(C)NC(=O)C(C)OC(=O)c1ccc(Cl)cc1N. The van der Waals surface area contributed by atoms with Crippen molar-refractivity contribution in [1.82, 2.24) is 5.32 Å². The van der Waals surface area contributed by atoms with E-state index in [0.717, 1.165) is 6.42 Å². The molecule has 0 fully saturated rings. The molecule has 21 heavy (non-hydrogen) atoms. The van der Waals surface area contributed by atoms with Crippen molar-refractivity contribution in [3.8, 4) is 0 Å². The molecule has 6 heteroatoms. The lowest BCUT2D eigenvalue weighted by molar-refractivity contribution is -0.130. The first-order valence-corrected chi connectivity index (χ1v) is 7.12. The molecule has 0 aliphatic carbocycles. The van der Waals surface area contributed by atoms with Crippen LogP contribution in [-0.2, 0) is 9.53 Å². The summed E-state index contributed by atoms with van der Waals surface area (Å²) in [5.74, 6) is -0.996. The number of carbonyl (C=O) groups is 2. The maximum absolute atomic E-state index is 12.0. The molecule has 5 nitrogen and oxygen atoms in total. The van der Waals surface area contributed by atoms with Crippen LogP contribution in [0.3, 0.4) is 0 Å². The van der Waals surface area contributed by atoms with E-state index in [-0.39, 0.29) is 22.7 Å². The van der Waals surface area contributed by atoms with E-state index in [9.17, 15) is 9.59 Å². The molecule has 0 saturated carbocycles. The third-order valence-electron chi connectivity index (χ3n) is 3.23. The van der Waals surface area contributed by atoms with Crippen LogP contribution >= 0.6 is 11.6 Å². The second kappa shape index (κ2) is 6.80. The molecular weight excluding hydrogens is 292 g/mol. The van der Waals surface area contributed by atoms with E-state index in [1.54, 1.807) is 6.07 Å². The fraction of sp³-hybridized carbons (Fsp3) is 0.467. The summed E-state index contributed by atoms with van der Waals surface area (Å²) in [5, 5.41) is 3.25. The van der Waals surface area contributed by atoms with E-state index in [0.29, 0.717) is 5.02 Å². The zero-order valence-corrected chi connectivity index (χ0v) is 13.5. The predicted molar refractivity (Wildman–Crippen MR) is 83.3 cm³/mol.